The molecule has 2 aliphatic carbocycles. The van der Waals surface area contributed by atoms with Crippen molar-refractivity contribution in [2.24, 2.45) is 23.7 Å². The van der Waals surface area contributed by atoms with E-state index in [1.807, 2.05) is 12.2 Å². The van der Waals surface area contributed by atoms with Crippen LogP contribution in [-0.2, 0) is 9.59 Å². The van der Waals surface area contributed by atoms with Crippen LogP contribution in [0.1, 0.15) is 6.42 Å². The van der Waals surface area contributed by atoms with Gasteiger partial charge in [-0.3, -0.25) is 19.7 Å². The van der Waals surface area contributed by atoms with Gasteiger partial charge in [0.25, 0.3) is 5.69 Å². The number of nitro groups is 1. The Bertz CT molecular complexity index is 730. The van der Waals surface area contributed by atoms with E-state index >= 15 is 0 Å². The van der Waals surface area contributed by atoms with Crippen molar-refractivity contribution in [3.8, 4) is 0 Å². The van der Waals surface area contributed by atoms with Crippen LogP contribution in [0.3, 0.4) is 0 Å². The van der Waals surface area contributed by atoms with Crippen LogP contribution >= 0.6 is 15.9 Å². The zero-order valence-corrected chi connectivity index (χ0v) is 12.9. The second-order valence-corrected chi connectivity index (χ2v) is 6.82. The number of nitro benzene ring substituents is 1. The van der Waals surface area contributed by atoms with Crippen LogP contribution in [-0.4, -0.2) is 16.7 Å². The van der Waals surface area contributed by atoms with Gasteiger partial charge >= 0.3 is 0 Å². The molecular weight excluding hydrogens is 352 g/mol. The smallest absolute Gasteiger partial charge is 0.274 e. The van der Waals surface area contributed by atoms with Crippen LogP contribution in [0.2, 0.25) is 0 Å². The van der Waals surface area contributed by atoms with Gasteiger partial charge in [0, 0.05) is 10.5 Å². The lowest BCUT2D eigenvalue weighted by Crippen LogP contribution is -2.33. The predicted molar refractivity (Wildman–Crippen MR) is 81.0 cm³/mol. The molecule has 112 valence electrons. The molecule has 4 rings (SSSR count). The van der Waals surface area contributed by atoms with Gasteiger partial charge in [-0.15, -0.1) is 0 Å². The zero-order valence-electron chi connectivity index (χ0n) is 11.3. The van der Waals surface area contributed by atoms with E-state index in [0.29, 0.717) is 4.47 Å². The molecule has 0 unspecified atom stereocenters. The maximum absolute atomic E-state index is 12.7. The molecule has 7 heteroatoms. The van der Waals surface area contributed by atoms with Crippen molar-refractivity contribution in [3.05, 3.63) is 44.9 Å². The molecule has 2 amide bonds. The number of carbonyl (C=O) groups is 2. The third-order valence-corrected chi connectivity index (χ3v) is 5.34. The summed E-state index contributed by atoms with van der Waals surface area (Å²) in [4.78, 5) is 37.1. The van der Waals surface area contributed by atoms with Gasteiger partial charge in [0.15, 0.2) is 0 Å². The first-order valence-corrected chi connectivity index (χ1v) is 7.78. The van der Waals surface area contributed by atoms with Gasteiger partial charge in [-0.25, -0.2) is 4.90 Å². The molecule has 0 aromatic heterocycles. The Kier molecular flexibility index (Phi) is 2.78. The van der Waals surface area contributed by atoms with E-state index in [4.69, 9.17) is 0 Å². The van der Waals surface area contributed by atoms with Crippen molar-refractivity contribution in [1.82, 2.24) is 0 Å². The number of carbonyl (C=O) groups excluding carboxylic acids is 2. The highest BCUT2D eigenvalue weighted by Gasteiger charge is 2.60. The van der Waals surface area contributed by atoms with Crippen molar-refractivity contribution in [2.45, 2.75) is 6.42 Å². The van der Waals surface area contributed by atoms with Crippen molar-refractivity contribution in [2.75, 3.05) is 4.90 Å². The largest absolute Gasteiger partial charge is 0.294 e. The monoisotopic (exact) mass is 362 g/mol. The van der Waals surface area contributed by atoms with Gasteiger partial charge in [-0.1, -0.05) is 28.1 Å². The molecule has 3 aliphatic rings. The summed E-state index contributed by atoms with van der Waals surface area (Å²) in [6.07, 6.45) is 4.83. The lowest BCUT2D eigenvalue weighted by molar-refractivity contribution is -0.384. The number of hydrogen-bond acceptors (Lipinski definition) is 4. The van der Waals surface area contributed by atoms with E-state index in [0.717, 1.165) is 11.3 Å². The summed E-state index contributed by atoms with van der Waals surface area (Å²) < 4.78 is 0.531. The van der Waals surface area contributed by atoms with Crippen LogP contribution < -0.4 is 4.90 Å². The number of fused-ring (bicyclic) bond motifs is 5. The number of halogens is 1. The normalized spacial score (nSPS) is 32.0. The van der Waals surface area contributed by atoms with Gasteiger partial charge in [0.05, 0.1) is 16.8 Å². The minimum Gasteiger partial charge on any atom is -0.274 e. The SMILES string of the molecule is O=C1[C@@H]2[C@H](C(=O)N1c1ccc(Br)cc1[N+](=O)[O-])[C@@H]1C=C[C@@H]2C1. The molecule has 6 nitrogen and oxygen atoms in total. The molecule has 0 spiro atoms. The summed E-state index contributed by atoms with van der Waals surface area (Å²) in [5.74, 6) is -1.15. The Morgan fingerprint density at radius 2 is 1.73 bits per heavy atom. The lowest BCUT2D eigenvalue weighted by Gasteiger charge is -2.17. The number of imide groups is 1. The predicted octanol–water partition coefficient (Wildman–Crippen LogP) is 2.67. The van der Waals surface area contributed by atoms with Gasteiger partial charge in [-0.2, -0.15) is 0 Å². The average molecular weight is 363 g/mol. The second-order valence-electron chi connectivity index (χ2n) is 5.90. The second kappa shape index (κ2) is 4.49. The summed E-state index contributed by atoms with van der Waals surface area (Å²) in [5, 5.41) is 11.3. The highest BCUT2D eigenvalue weighted by molar-refractivity contribution is 9.10. The molecule has 0 N–H and O–H groups in total. The number of rotatable bonds is 2. The van der Waals surface area contributed by atoms with E-state index in [9.17, 15) is 19.7 Å². The van der Waals surface area contributed by atoms with E-state index < -0.39 is 4.92 Å². The lowest BCUT2D eigenvalue weighted by atomic mass is 9.85. The summed E-state index contributed by atoms with van der Waals surface area (Å²) in [6, 6.07) is 4.37. The maximum atomic E-state index is 12.7. The van der Waals surface area contributed by atoms with Crippen LogP contribution in [0.5, 0.6) is 0 Å². The van der Waals surface area contributed by atoms with E-state index in [2.05, 4.69) is 15.9 Å². The van der Waals surface area contributed by atoms with E-state index in [1.165, 1.54) is 12.1 Å². The van der Waals surface area contributed by atoms with Crippen molar-refractivity contribution >= 4 is 39.1 Å². The number of benzene rings is 1. The third-order valence-electron chi connectivity index (χ3n) is 4.85. The zero-order chi connectivity index (χ0) is 15.6. The van der Waals surface area contributed by atoms with E-state index in [-0.39, 0.29) is 46.9 Å². The number of amides is 2. The van der Waals surface area contributed by atoms with Gasteiger partial charge in [0.1, 0.15) is 5.69 Å². The summed E-state index contributed by atoms with van der Waals surface area (Å²) in [6.45, 7) is 0. The standard InChI is InChI=1S/C15H11BrN2O4/c16-9-3-4-10(11(6-9)18(21)22)17-14(19)12-7-1-2-8(5-7)13(12)15(17)20/h1-4,6-8,12-13H,5H2/t7-,8-,12-,13+/m1/s1. The number of anilines is 1. The van der Waals surface area contributed by atoms with Crippen molar-refractivity contribution in [1.29, 1.82) is 0 Å². The third kappa shape index (κ3) is 1.65. The van der Waals surface area contributed by atoms with Crippen molar-refractivity contribution in [3.63, 3.8) is 0 Å². The quantitative estimate of drug-likeness (QED) is 0.350. The molecule has 1 heterocycles. The molecule has 4 atom stereocenters. The fourth-order valence-corrected chi connectivity index (χ4v) is 4.32. The van der Waals surface area contributed by atoms with Crippen LogP contribution in [0.4, 0.5) is 11.4 Å². The minimum atomic E-state index is -0.568. The molecule has 1 saturated carbocycles. The summed E-state index contributed by atoms with van der Waals surface area (Å²) in [5.41, 5.74) is -0.173. The van der Waals surface area contributed by atoms with Gasteiger partial charge < -0.3 is 0 Å². The summed E-state index contributed by atoms with van der Waals surface area (Å²) in [7, 11) is 0. The highest BCUT2D eigenvalue weighted by atomic mass is 79.9. The number of nitrogens with zero attached hydrogens (tertiary/aromatic N) is 2. The Labute approximate surface area is 134 Å². The molecule has 22 heavy (non-hydrogen) atoms. The van der Waals surface area contributed by atoms with Crippen molar-refractivity contribution < 1.29 is 14.5 Å². The molecular formula is C15H11BrN2O4. The molecule has 0 radical (unpaired) electrons. The summed E-state index contributed by atoms with van der Waals surface area (Å²) >= 11 is 3.18. The Balaban J connectivity index is 1.81. The molecule has 1 aromatic rings. The Morgan fingerprint density at radius 1 is 1.14 bits per heavy atom. The fraction of sp³-hybridized carbons (Fsp3) is 0.333. The molecule has 1 aromatic carbocycles. The number of hydrogen-bond donors (Lipinski definition) is 0. The minimum absolute atomic E-state index is 0.0667. The molecule has 2 fully saturated rings. The first-order valence-electron chi connectivity index (χ1n) is 6.99. The fourth-order valence-electron chi connectivity index (χ4n) is 3.97. The van der Waals surface area contributed by atoms with Crippen LogP contribution in [0.15, 0.2) is 34.8 Å². The van der Waals surface area contributed by atoms with Gasteiger partial charge in [-0.05, 0) is 30.4 Å². The Hall–Kier alpha value is -2.02. The highest BCUT2D eigenvalue weighted by Crippen LogP contribution is 2.53. The molecule has 1 saturated heterocycles. The first-order chi connectivity index (χ1) is 10.5. The Morgan fingerprint density at radius 3 is 2.27 bits per heavy atom. The van der Waals surface area contributed by atoms with E-state index in [1.54, 1.807) is 6.07 Å². The average Bonchev–Trinajstić information content (AvgIpc) is 3.14. The van der Waals surface area contributed by atoms with Gasteiger partial charge in [0.2, 0.25) is 11.8 Å². The topological polar surface area (TPSA) is 80.5 Å². The first kappa shape index (κ1) is 13.6. The van der Waals surface area contributed by atoms with Crippen LogP contribution in [0, 0.1) is 33.8 Å². The molecule has 2 bridgehead atoms. The molecule has 1 aliphatic heterocycles. The number of allylic oxidation sites excluding steroid dienone is 2. The maximum Gasteiger partial charge on any atom is 0.294 e. The van der Waals surface area contributed by atoms with Crippen LogP contribution in [0.25, 0.3) is 0 Å².